The van der Waals surface area contributed by atoms with Gasteiger partial charge in [-0.05, 0) is 13.5 Å². The molecular formula is C9H22Cl2N2O. The minimum Gasteiger partial charge on any atom is -0.392 e. The first-order chi connectivity index (χ1) is 5.72. The van der Waals surface area contributed by atoms with Crippen molar-refractivity contribution in [2.45, 2.75) is 19.4 Å². The van der Waals surface area contributed by atoms with Crippen molar-refractivity contribution in [1.82, 2.24) is 9.80 Å². The van der Waals surface area contributed by atoms with Crippen LogP contribution in [0, 0.1) is 0 Å². The minimum atomic E-state index is -0.131. The van der Waals surface area contributed by atoms with Crippen LogP contribution in [-0.4, -0.2) is 60.8 Å². The molecule has 1 saturated heterocycles. The fraction of sp³-hybridized carbons (Fsp3) is 1.00. The summed E-state index contributed by atoms with van der Waals surface area (Å²) >= 11 is 0. The summed E-state index contributed by atoms with van der Waals surface area (Å²) in [7, 11) is 2.15. The van der Waals surface area contributed by atoms with Crippen LogP contribution in [0.1, 0.15) is 13.3 Å². The van der Waals surface area contributed by atoms with Gasteiger partial charge in [-0.1, -0.05) is 6.92 Å². The Morgan fingerprint density at radius 1 is 1.14 bits per heavy atom. The number of nitrogens with zero attached hydrogens (tertiary/aromatic N) is 2. The van der Waals surface area contributed by atoms with Gasteiger partial charge < -0.3 is 10.0 Å². The second-order valence-electron chi connectivity index (χ2n) is 3.67. The monoisotopic (exact) mass is 244 g/mol. The number of aliphatic hydroxyl groups excluding tert-OH is 1. The third-order valence-electron chi connectivity index (χ3n) is 2.54. The predicted molar refractivity (Wildman–Crippen MR) is 64.7 cm³/mol. The van der Waals surface area contributed by atoms with Crippen molar-refractivity contribution in [3.05, 3.63) is 0 Å². The van der Waals surface area contributed by atoms with E-state index in [0.29, 0.717) is 0 Å². The highest BCUT2D eigenvalue weighted by Gasteiger charge is 2.15. The lowest BCUT2D eigenvalue weighted by molar-refractivity contribution is 0.0786. The van der Waals surface area contributed by atoms with Crippen molar-refractivity contribution in [2.24, 2.45) is 0 Å². The van der Waals surface area contributed by atoms with E-state index in [1.807, 2.05) is 6.92 Å². The Kier molecular flexibility index (Phi) is 10.5. The highest BCUT2D eigenvalue weighted by molar-refractivity contribution is 5.85. The van der Waals surface area contributed by atoms with Crippen LogP contribution in [0.25, 0.3) is 0 Å². The van der Waals surface area contributed by atoms with E-state index in [9.17, 15) is 5.11 Å². The van der Waals surface area contributed by atoms with Gasteiger partial charge in [0.25, 0.3) is 0 Å². The van der Waals surface area contributed by atoms with Gasteiger partial charge in [-0.2, -0.15) is 0 Å². The normalized spacial score (nSPS) is 20.8. The highest BCUT2D eigenvalue weighted by Crippen LogP contribution is 2.01. The van der Waals surface area contributed by atoms with Crippen molar-refractivity contribution >= 4 is 24.8 Å². The summed E-state index contributed by atoms with van der Waals surface area (Å²) in [6.45, 7) is 7.36. The molecule has 1 unspecified atom stereocenters. The summed E-state index contributed by atoms with van der Waals surface area (Å²) in [4.78, 5) is 4.67. The summed E-state index contributed by atoms with van der Waals surface area (Å²) in [5, 5.41) is 9.42. The van der Waals surface area contributed by atoms with Gasteiger partial charge in [0.2, 0.25) is 0 Å². The molecule has 0 aromatic heterocycles. The zero-order valence-electron chi connectivity index (χ0n) is 8.98. The third-order valence-corrected chi connectivity index (χ3v) is 2.54. The number of aliphatic hydroxyl groups is 1. The van der Waals surface area contributed by atoms with Crippen LogP contribution in [0.5, 0.6) is 0 Å². The van der Waals surface area contributed by atoms with Crippen LogP contribution in [0.3, 0.4) is 0 Å². The highest BCUT2D eigenvalue weighted by atomic mass is 35.5. The van der Waals surface area contributed by atoms with Gasteiger partial charge in [-0.3, -0.25) is 4.90 Å². The number of β-amino-alcohol motifs (C(OH)–C–C–N with tert-alkyl or cyclic N) is 1. The van der Waals surface area contributed by atoms with Crippen LogP contribution < -0.4 is 0 Å². The fourth-order valence-electron chi connectivity index (χ4n) is 1.46. The van der Waals surface area contributed by atoms with E-state index >= 15 is 0 Å². The molecule has 0 aromatic rings. The lowest BCUT2D eigenvalue weighted by Crippen LogP contribution is -2.46. The van der Waals surface area contributed by atoms with Crippen LogP contribution in [0.2, 0.25) is 0 Å². The van der Waals surface area contributed by atoms with Gasteiger partial charge in [0.1, 0.15) is 0 Å². The first kappa shape index (κ1) is 16.9. The van der Waals surface area contributed by atoms with Crippen molar-refractivity contribution in [2.75, 3.05) is 39.8 Å². The number of piperazine rings is 1. The summed E-state index contributed by atoms with van der Waals surface area (Å²) in [6, 6.07) is 0. The molecule has 0 aliphatic carbocycles. The Bertz CT molecular complexity index is 130. The molecule has 0 amide bonds. The van der Waals surface area contributed by atoms with Crippen LogP contribution in [-0.2, 0) is 0 Å². The molecule has 0 spiro atoms. The molecule has 1 atom stereocenters. The van der Waals surface area contributed by atoms with Crippen LogP contribution in [0.4, 0.5) is 0 Å². The van der Waals surface area contributed by atoms with Crippen molar-refractivity contribution in [3.8, 4) is 0 Å². The zero-order chi connectivity index (χ0) is 8.97. The third kappa shape index (κ3) is 6.04. The van der Waals surface area contributed by atoms with Crippen molar-refractivity contribution < 1.29 is 5.11 Å². The quantitative estimate of drug-likeness (QED) is 0.798. The maximum absolute atomic E-state index is 9.42. The van der Waals surface area contributed by atoms with E-state index < -0.39 is 0 Å². The Labute approximate surface area is 99.3 Å². The second-order valence-corrected chi connectivity index (χ2v) is 3.67. The molecule has 1 aliphatic rings. The van der Waals surface area contributed by atoms with Gasteiger partial charge in [0, 0.05) is 32.7 Å². The lowest BCUT2D eigenvalue weighted by Gasteiger charge is -2.33. The van der Waals surface area contributed by atoms with E-state index in [-0.39, 0.29) is 30.9 Å². The summed E-state index contributed by atoms with van der Waals surface area (Å²) < 4.78 is 0. The molecule has 1 heterocycles. The molecule has 0 bridgehead atoms. The molecule has 1 fully saturated rings. The second kappa shape index (κ2) is 8.74. The molecule has 1 N–H and O–H groups in total. The summed E-state index contributed by atoms with van der Waals surface area (Å²) in [5.74, 6) is 0. The van der Waals surface area contributed by atoms with Gasteiger partial charge in [-0.25, -0.2) is 0 Å². The maximum atomic E-state index is 9.42. The molecule has 0 saturated carbocycles. The zero-order valence-corrected chi connectivity index (χ0v) is 10.6. The molecule has 0 radical (unpaired) electrons. The first-order valence-electron chi connectivity index (χ1n) is 4.81. The Balaban J connectivity index is 0. The number of hydrogen-bond donors (Lipinski definition) is 1. The molecule has 14 heavy (non-hydrogen) atoms. The van der Waals surface area contributed by atoms with Gasteiger partial charge in [0.05, 0.1) is 6.10 Å². The summed E-state index contributed by atoms with van der Waals surface area (Å²) in [6.07, 6.45) is 0.736. The average Bonchev–Trinajstić information content (AvgIpc) is 2.09. The Morgan fingerprint density at radius 2 is 1.64 bits per heavy atom. The predicted octanol–water partition coefficient (Wildman–Crippen LogP) is 0.848. The summed E-state index contributed by atoms with van der Waals surface area (Å²) in [5.41, 5.74) is 0. The van der Waals surface area contributed by atoms with Gasteiger partial charge in [0.15, 0.2) is 0 Å². The fourth-order valence-corrected chi connectivity index (χ4v) is 1.46. The van der Waals surface area contributed by atoms with Gasteiger partial charge in [-0.15, -0.1) is 24.8 Å². The molecule has 88 valence electrons. The lowest BCUT2D eigenvalue weighted by atomic mass is 10.2. The van der Waals surface area contributed by atoms with Crippen molar-refractivity contribution in [1.29, 1.82) is 0 Å². The van der Waals surface area contributed by atoms with Gasteiger partial charge >= 0.3 is 0 Å². The van der Waals surface area contributed by atoms with E-state index in [2.05, 4.69) is 16.8 Å². The number of rotatable bonds is 3. The molecule has 1 aliphatic heterocycles. The molecule has 0 aromatic carbocycles. The SMILES string of the molecule is CCC(O)CN1CCN(C)CC1.Cl.Cl. The van der Waals surface area contributed by atoms with E-state index in [1.165, 1.54) is 0 Å². The topological polar surface area (TPSA) is 26.7 Å². The molecule has 3 nitrogen and oxygen atoms in total. The first-order valence-corrected chi connectivity index (χ1v) is 4.81. The van der Waals surface area contributed by atoms with Crippen LogP contribution in [0.15, 0.2) is 0 Å². The Morgan fingerprint density at radius 3 is 2.07 bits per heavy atom. The number of likely N-dealkylation sites (N-methyl/N-ethyl adjacent to an activating group) is 1. The minimum absolute atomic E-state index is 0. The average molecular weight is 245 g/mol. The standard InChI is InChI=1S/C9H20N2O.2ClH/c1-3-9(12)8-11-6-4-10(2)5-7-11;;/h9,12H,3-8H2,1-2H3;2*1H. The maximum Gasteiger partial charge on any atom is 0.0664 e. The molecule has 5 heteroatoms. The van der Waals surface area contributed by atoms with E-state index in [0.717, 1.165) is 39.1 Å². The molecular weight excluding hydrogens is 223 g/mol. The molecule has 1 rings (SSSR count). The largest absolute Gasteiger partial charge is 0.392 e. The van der Waals surface area contributed by atoms with E-state index in [4.69, 9.17) is 0 Å². The van der Waals surface area contributed by atoms with Crippen LogP contribution >= 0.6 is 24.8 Å². The van der Waals surface area contributed by atoms with E-state index in [1.54, 1.807) is 0 Å². The number of halogens is 2. The Hall–Kier alpha value is 0.460. The smallest absolute Gasteiger partial charge is 0.0664 e. The van der Waals surface area contributed by atoms with Crippen molar-refractivity contribution in [3.63, 3.8) is 0 Å². The number of hydrogen-bond acceptors (Lipinski definition) is 3.